The van der Waals surface area contributed by atoms with Crippen LogP contribution < -0.4 is 0 Å². The van der Waals surface area contributed by atoms with Crippen molar-refractivity contribution in [2.45, 2.75) is 0 Å². The number of rotatable bonds is 3. The largest absolute Gasteiger partial charge is 0.455 e. The van der Waals surface area contributed by atoms with Crippen molar-refractivity contribution in [1.82, 2.24) is 19.9 Å². The van der Waals surface area contributed by atoms with E-state index in [1.54, 1.807) is 17.5 Å². The second-order valence-electron chi connectivity index (χ2n) is 10.2. The first-order chi connectivity index (χ1) is 20.8. The van der Waals surface area contributed by atoms with Crippen molar-refractivity contribution < 1.29 is 4.42 Å². The molecule has 0 aliphatic heterocycles. The maximum absolute atomic E-state index is 6.44. The van der Waals surface area contributed by atoms with Gasteiger partial charge in [-0.3, -0.25) is 4.98 Å². The summed E-state index contributed by atoms with van der Waals surface area (Å²) in [5, 5.41) is 5.42. The third-order valence-electron chi connectivity index (χ3n) is 7.80. The molecular weight excluding hydrogens is 536 g/mol. The second kappa shape index (κ2) is 9.03. The van der Waals surface area contributed by atoms with E-state index in [0.717, 1.165) is 49.5 Å². The summed E-state index contributed by atoms with van der Waals surface area (Å²) in [6, 6.07) is 39.2. The van der Waals surface area contributed by atoms with Gasteiger partial charge in [0.15, 0.2) is 17.5 Å². The molecule has 4 heterocycles. The lowest BCUT2D eigenvalue weighted by Gasteiger charge is -2.10. The molecule has 9 aromatic rings. The standard InChI is InChI=1S/C36H20N4OS/c1-2-9-21(10-3-1)34-38-35(40-36(39-34)27-14-6-12-23-22-11-4-5-17-30(22)42-33(23)27)26-13-7-16-29-31(26)25-18-19-28-24(32(25)41-29)15-8-20-37-28/h1-20H. The average Bonchev–Trinajstić information content (AvgIpc) is 3.64. The van der Waals surface area contributed by atoms with Gasteiger partial charge >= 0.3 is 0 Å². The molecule has 0 bridgehead atoms. The van der Waals surface area contributed by atoms with E-state index in [-0.39, 0.29) is 0 Å². The monoisotopic (exact) mass is 556 g/mol. The van der Waals surface area contributed by atoms with Gasteiger partial charge in [0.2, 0.25) is 0 Å². The zero-order valence-corrected chi connectivity index (χ0v) is 23.0. The average molecular weight is 557 g/mol. The van der Waals surface area contributed by atoms with Crippen LogP contribution in [0.3, 0.4) is 0 Å². The summed E-state index contributed by atoms with van der Waals surface area (Å²) in [6.07, 6.45) is 1.80. The zero-order valence-electron chi connectivity index (χ0n) is 22.2. The molecule has 0 amide bonds. The van der Waals surface area contributed by atoms with E-state index in [4.69, 9.17) is 19.4 Å². The fraction of sp³-hybridized carbons (Fsp3) is 0. The maximum Gasteiger partial charge on any atom is 0.165 e. The summed E-state index contributed by atoms with van der Waals surface area (Å²) in [5.74, 6) is 1.89. The summed E-state index contributed by atoms with van der Waals surface area (Å²) < 4.78 is 8.85. The predicted octanol–water partition coefficient (Wildman–Crippen LogP) is 9.69. The van der Waals surface area contributed by atoms with Crippen molar-refractivity contribution in [2.75, 3.05) is 0 Å². The summed E-state index contributed by atoms with van der Waals surface area (Å²) in [5.41, 5.74) is 5.34. The van der Waals surface area contributed by atoms with Crippen molar-refractivity contribution >= 4 is 64.4 Å². The van der Waals surface area contributed by atoms with Crippen LogP contribution in [0.25, 0.3) is 87.2 Å². The Morgan fingerprint density at radius 2 is 1.26 bits per heavy atom. The summed E-state index contributed by atoms with van der Waals surface area (Å²) >= 11 is 1.77. The molecule has 0 saturated carbocycles. The first-order valence-corrected chi connectivity index (χ1v) is 14.5. The number of benzene rings is 5. The topological polar surface area (TPSA) is 64.7 Å². The van der Waals surface area contributed by atoms with Gasteiger partial charge in [0.1, 0.15) is 11.2 Å². The zero-order chi connectivity index (χ0) is 27.6. The van der Waals surface area contributed by atoms with Gasteiger partial charge in [-0.2, -0.15) is 0 Å². The van der Waals surface area contributed by atoms with Gasteiger partial charge in [-0.15, -0.1) is 11.3 Å². The lowest BCUT2D eigenvalue weighted by molar-refractivity contribution is 0.672. The van der Waals surface area contributed by atoms with Crippen molar-refractivity contribution in [3.05, 3.63) is 121 Å². The van der Waals surface area contributed by atoms with Crippen LogP contribution in [0.1, 0.15) is 0 Å². The highest BCUT2D eigenvalue weighted by molar-refractivity contribution is 7.26. The molecule has 0 radical (unpaired) electrons. The Bertz CT molecular complexity index is 2480. The number of pyridine rings is 1. The van der Waals surface area contributed by atoms with Crippen molar-refractivity contribution in [1.29, 1.82) is 0 Å². The van der Waals surface area contributed by atoms with Crippen molar-refractivity contribution in [3.8, 4) is 34.2 Å². The maximum atomic E-state index is 6.44. The molecular formula is C36H20N4OS. The van der Waals surface area contributed by atoms with Gasteiger partial charge in [0, 0.05) is 59.2 Å². The van der Waals surface area contributed by atoms with E-state index < -0.39 is 0 Å². The predicted molar refractivity (Wildman–Crippen MR) is 172 cm³/mol. The van der Waals surface area contributed by atoms with Crippen LogP contribution in [0.4, 0.5) is 0 Å². The minimum atomic E-state index is 0.608. The Labute approximate surface area is 243 Å². The lowest BCUT2D eigenvalue weighted by atomic mass is 10.0. The van der Waals surface area contributed by atoms with E-state index in [9.17, 15) is 0 Å². The van der Waals surface area contributed by atoms with E-state index in [2.05, 4.69) is 59.6 Å². The smallest absolute Gasteiger partial charge is 0.165 e. The fourth-order valence-corrected chi connectivity index (χ4v) is 7.09. The Morgan fingerprint density at radius 3 is 2.19 bits per heavy atom. The molecule has 0 atom stereocenters. The van der Waals surface area contributed by atoms with Gasteiger partial charge in [-0.05, 0) is 42.5 Å². The molecule has 6 heteroatoms. The quantitative estimate of drug-likeness (QED) is 0.217. The van der Waals surface area contributed by atoms with E-state index in [0.29, 0.717) is 17.5 Å². The third-order valence-corrected chi connectivity index (χ3v) is 9.02. The summed E-state index contributed by atoms with van der Waals surface area (Å²) in [4.78, 5) is 19.8. The minimum absolute atomic E-state index is 0.608. The molecule has 5 aromatic carbocycles. The molecule has 9 rings (SSSR count). The SMILES string of the molecule is c1ccc(-c2nc(-c3cccc4c3sc3ccccc34)nc(-c3cccc4oc5c6cccnc6ccc5c34)n2)cc1. The van der Waals surface area contributed by atoms with Gasteiger partial charge in [-0.25, -0.2) is 15.0 Å². The van der Waals surface area contributed by atoms with Gasteiger partial charge in [0.05, 0.1) is 5.52 Å². The van der Waals surface area contributed by atoms with Gasteiger partial charge < -0.3 is 4.42 Å². The highest BCUT2D eigenvalue weighted by Crippen LogP contribution is 2.41. The van der Waals surface area contributed by atoms with E-state index in [1.165, 1.54) is 20.2 Å². The highest BCUT2D eigenvalue weighted by Gasteiger charge is 2.20. The lowest BCUT2D eigenvalue weighted by Crippen LogP contribution is -2.00. The number of fused-ring (bicyclic) bond motifs is 8. The molecule has 0 fully saturated rings. The molecule has 0 unspecified atom stereocenters. The number of hydrogen-bond donors (Lipinski definition) is 0. The minimum Gasteiger partial charge on any atom is -0.455 e. The van der Waals surface area contributed by atoms with Crippen LogP contribution in [0.2, 0.25) is 0 Å². The van der Waals surface area contributed by atoms with Crippen LogP contribution in [0, 0.1) is 0 Å². The Morgan fingerprint density at radius 1 is 0.524 bits per heavy atom. The molecule has 5 nitrogen and oxygen atoms in total. The highest BCUT2D eigenvalue weighted by atomic mass is 32.1. The number of furan rings is 1. The second-order valence-corrected chi connectivity index (χ2v) is 11.3. The number of thiophene rings is 1. The Kier molecular flexibility index (Phi) is 5.00. The molecule has 42 heavy (non-hydrogen) atoms. The number of aromatic nitrogens is 4. The number of nitrogens with zero attached hydrogens (tertiary/aromatic N) is 4. The van der Waals surface area contributed by atoms with Crippen LogP contribution in [-0.2, 0) is 0 Å². The van der Waals surface area contributed by atoms with E-state index >= 15 is 0 Å². The first kappa shape index (κ1) is 23.3. The van der Waals surface area contributed by atoms with Gasteiger partial charge in [-0.1, -0.05) is 72.8 Å². The van der Waals surface area contributed by atoms with Gasteiger partial charge in [0.25, 0.3) is 0 Å². The molecule has 196 valence electrons. The number of hydrogen-bond acceptors (Lipinski definition) is 6. The van der Waals surface area contributed by atoms with Crippen molar-refractivity contribution in [3.63, 3.8) is 0 Å². The third kappa shape index (κ3) is 3.49. The Hall–Kier alpha value is -5.46. The molecule has 0 aliphatic rings. The molecule has 0 N–H and O–H groups in total. The van der Waals surface area contributed by atoms with Crippen LogP contribution in [-0.4, -0.2) is 19.9 Å². The normalized spacial score (nSPS) is 11.8. The fourth-order valence-electron chi connectivity index (χ4n) is 5.88. The van der Waals surface area contributed by atoms with Crippen molar-refractivity contribution in [2.24, 2.45) is 0 Å². The molecule has 0 saturated heterocycles. The molecule has 0 aliphatic carbocycles. The van der Waals surface area contributed by atoms with Crippen LogP contribution in [0.5, 0.6) is 0 Å². The van der Waals surface area contributed by atoms with Crippen LogP contribution >= 0.6 is 11.3 Å². The first-order valence-electron chi connectivity index (χ1n) is 13.7. The van der Waals surface area contributed by atoms with Crippen LogP contribution in [0.15, 0.2) is 126 Å². The summed E-state index contributed by atoms with van der Waals surface area (Å²) in [6.45, 7) is 0. The Balaban J connectivity index is 1.35. The summed E-state index contributed by atoms with van der Waals surface area (Å²) in [7, 11) is 0. The van der Waals surface area contributed by atoms with E-state index in [1.807, 2.05) is 60.7 Å². The molecule has 0 spiro atoms. The molecule has 4 aromatic heterocycles.